The SMILES string of the molecule is CCCCCCCCCCCC(=O)C(O)[C@H]1O[C@@H](n2cnc3c(N)ncnc32)[C@H](O)[C@@H]1O. The van der Waals surface area contributed by atoms with Gasteiger partial charge in [0.15, 0.2) is 23.5 Å². The summed E-state index contributed by atoms with van der Waals surface area (Å²) in [5.74, 6) is -0.221. The van der Waals surface area contributed by atoms with Gasteiger partial charge < -0.3 is 25.8 Å². The number of carbonyl (C=O) groups is 1. The lowest BCUT2D eigenvalue weighted by Gasteiger charge is -2.20. The maximum Gasteiger partial charge on any atom is 0.167 e. The van der Waals surface area contributed by atoms with Crippen molar-refractivity contribution in [2.24, 2.45) is 0 Å². The molecular weight excluding hydrogens is 414 g/mol. The van der Waals surface area contributed by atoms with Crippen LogP contribution in [0.25, 0.3) is 11.2 Å². The normalized spacial score (nSPS) is 24.2. The lowest BCUT2D eigenvalue weighted by molar-refractivity contribution is -0.141. The van der Waals surface area contributed by atoms with Gasteiger partial charge in [0, 0.05) is 6.42 Å². The first-order chi connectivity index (χ1) is 15.5. The molecule has 3 heterocycles. The van der Waals surface area contributed by atoms with Gasteiger partial charge >= 0.3 is 0 Å². The van der Waals surface area contributed by atoms with E-state index in [2.05, 4.69) is 21.9 Å². The highest BCUT2D eigenvalue weighted by molar-refractivity contribution is 5.83. The predicted molar refractivity (Wildman–Crippen MR) is 119 cm³/mol. The van der Waals surface area contributed by atoms with Crippen LogP contribution in [0, 0.1) is 0 Å². The topological polar surface area (TPSA) is 157 Å². The van der Waals surface area contributed by atoms with Gasteiger partial charge in [-0.2, -0.15) is 0 Å². The van der Waals surface area contributed by atoms with E-state index in [-0.39, 0.29) is 12.2 Å². The second kappa shape index (κ2) is 11.6. The summed E-state index contributed by atoms with van der Waals surface area (Å²) in [4.78, 5) is 24.6. The van der Waals surface area contributed by atoms with Gasteiger partial charge in [0.25, 0.3) is 0 Å². The van der Waals surface area contributed by atoms with Crippen molar-refractivity contribution in [1.82, 2.24) is 19.5 Å². The third kappa shape index (κ3) is 5.61. The van der Waals surface area contributed by atoms with E-state index in [1.165, 1.54) is 49.3 Å². The van der Waals surface area contributed by atoms with Gasteiger partial charge in [-0.15, -0.1) is 0 Å². The van der Waals surface area contributed by atoms with E-state index in [0.717, 1.165) is 19.3 Å². The molecule has 0 aromatic carbocycles. The van der Waals surface area contributed by atoms with Gasteiger partial charge in [0.2, 0.25) is 0 Å². The molecule has 10 heteroatoms. The molecule has 2 aromatic rings. The zero-order valence-corrected chi connectivity index (χ0v) is 18.6. The van der Waals surface area contributed by atoms with E-state index in [1.807, 2.05) is 0 Å². The van der Waals surface area contributed by atoms with Crippen LogP contribution in [-0.2, 0) is 9.53 Å². The Labute approximate surface area is 187 Å². The fourth-order valence-corrected chi connectivity index (χ4v) is 4.17. The Hall–Kier alpha value is -2.14. The van der Waals surface area contributed by atoms with E-state index in [1.54, 1.807) is 0 Å². The molecule has 5 atom stereocenters. The number of Topliss-reactive ketones (excluding diaryl/α,β-unsaturated/α-hetero) is 1. The molecule has 5 N–H and O–H groups in total. The molecule has 1 saturated heterocycles. The van der Waals surface area contributed by atoms with Crippen LogP contribution in [-0.4, -0.2) is 65.0 Å². The minimum absolute atomic E-state index is 0.175. The molecule has 0 spiro atoms. The number of imidazole rings is 1. The van der Waals surface area contributed by atoms with Crippen molar-refractivity contribution < 1.29 is 24.9 Å². The Morgan fingerprint density at radius 2 is 1.72 bits per heavy atom. The number of fused-ring (bicyclic) bond motifs is 1. The molecule has 0 aliphatic carbocycles. The van der Waals surface area contributed by atoms with Crippen LogP contribution < -0.4 is 5.73 Å². The maximum atomic E-state index is 12.5. The Balaban J connectivity index is 1.48. The Morgan fingerprint density at radius 1 is 1.06 bits per heavy atom. The van der Waals surface area contributed by atoms with Crippen molar-refractivity contribution in [2.75, 3.05) is 5.73 Å². The standard InChI is InChI=1S/C22H35N5O5/c1-2-3-4-5-6-7-8-9-10-11-14(28)16(29)19-17(30)18(31)22(32-19)27-13-26-15-20(23)24-12-25-21(15)27/h12-13,16-19,22,29-31H,2-11H2,1H3,(H2,23,24,25)/t16?,17-,18+,19+,22+/m0/s1. The summed E-state index contributed by atoms with van der Waals surface area (Å²) in [7, 11) is 0. The molecule has 10 nitrogen and oxygen atoms in total. The van der Waals surface area contributed by atoms with Gasteiger partial charge in [-0.25, -0.2) is 15.0 Å². The lowest BCUT2D eigenvalue weighted by Crippen LogP contribution is -2.42. The quantitative estimate of drug-likeness (QED) is 0.335. The van der Waals surface area contributed by atoms with Crippen molar-refractivity contribution in [1.29, 1.82) is 0 Å². The van der Waals surface area contributed by atoms with Crippen LogP contribution in [0.3, 0.4) is 0 Å². The largest absolute Gasteiger partial charge is 0.387 e. The number of aliphatic hydroxyl groups is 3. The predicted octanol–water partition coefficient (Wildman–Crippen LogP) is 1.88. The summed E-state index contributed by atoms with van der Waals surface area (Å²) in [6, 6.07) is 0. The van der Waals surface area contributed by atoms with Crippen LogP contribution in [0.1, 0.15) is 77.4 Å². The number of anilines is 1. The summed E-state index contributed by atoms with van der Waals surface area (Å²) in [6.07, 6.45) is 6.34. The molecule has 32 heavy (non-hydrogen) atoms. The highest BCUT2D eigenvalue weighted by atomic mass is 16.6. The summed E-state index contributed by atoms with van der Waals surface area (Å²) in [5.41, 5.74) is 6.45. The van der Waals surface area contributed by atoms with Gasteiger partial charge in [0.05, 0.1) is 6.33 Å². The van der Waals surface area contributed by atoms with Crippen molar-refractivity contribution >= 4 is 22.8 Å². The fraction of sp³-hybridized carbons (Fsp3) is 0.727. The molecule has 0 saturated carbocycles. The van der Waals surface area contributed by atoms with Gasteiger partial charge in [-0.05, 0) is 6.42 Å². The number of carbonyl (C=O) groups excluding carboxylic acids is 1. The first kappa shape index (κ1) is 24.5. The molecule has 178 valence electrons. The molecule has 2 aromatic heterocycles. The van der Waals surface area contributed by atoms with E-state index in [9.17, 15) is 20.1 Å². The van der Waals surface area contributed by atoms with E-state index < -0.39 is 36.4 Å². The number of aliphatic hydroxyl groups excluding tert-OH is 3. The zero-order valence-electron chi connectivity index (χ0n) is 18.6. The monoisotopic (exact) mass is 449 g/mol. The first-order valence-electron chi connectivity index (χ1n) is 11.6. The number of nitrogens with zero attached hydrogens (tertiary/aromatic N) is 4. The number of rotatable bonds is 13. The molecule has 1 fully saturated rings. The summed E-state index contributed by atoms with van der Waals surface area (Å²) >= 11 is 0. The first-order valence-corrected chi connectivity index (χ1v) is 11.6. The number of hydrogen-bond donors (Lipinski definition) is 4. The smallest absolute Gasteiger partial charge is 0.167 e. The van der Waals surface area contributed by atoms with Crippen LogP contribution in [0.15, 0.2) is 12.7 Å². The van der Waals surface area contributed by atoms with E-state index in [0.29, 0.717) is 17.6 Å². The number of nitrogens with two attached hydrogens (primary N) is 1. The third-order valence-corrected chi connectivity index (χ3v) is 6.10. The molecule has 1 aliphatic rings. The van der Waals surface area contributed by atoms with Crippen LogP contribution in [0.4, 0.5) is 5.82 Å². The average molecular weight is 450 g/mol. The fourth-order valence-electron chi connectivity index (χ4n) is 4.17. The van der Waals surface area contributed by atoms with E-state index >= 15 is 0 Å². The number of ether oxygens (including phenoxy) is 1. The molecule has 1 unspecified atom stereocenters. The molecule has 3 rings (SSSR count). The van der Waals surface area contributed by atoms with Crippen LogP contribution >= 0.6 is 0 Å². The molecule has 0 radical (unpaired) electrons. The zero-order chi connectivity index (χ0) is 23.1. The van der Waals surface area contributed by atoms with Crippen molar-refractivity contribution in [3.8, 4) is 0 Å². The highest BCUT2D eigenvalue weighted by Gasteiger charge is 2.48. The minimum atomic E-state index is -1.52. The summed E-state index contributed by atoms with van der Waals surface area (Å²) in [6.45, 7) is 2.20. The van der Waals surface area contributed by atoms with E-state index in [4.69, 9.17) is 10.5 Å². The van der Waals surface area contributed by atoms with Crippen molar-refractivity contribution in [3.05, 3.63) is 12.7 Å². The second-order valence-electron chi connectivity index (χ2n) is 8.54. The average Bonchev–Trinajstić information content (AvgIpc) is 3.34. The molecule has 0 bridgehead atoms. The van der Waals surface area contributed by atoms with Gasteiger partial charge in [-0.3, -0.25) is 9.36 Å². The number of nitrogen functional groups attached to an aromatic ring is 1. The maximum absolute atomic E-state index is 12.5. The van der Waals surface area contributed by atoms with Gasteiger partial charge in [0.1, 0.15) is 36.3 Å². The Bertz CT molecular complexity index is 876. The molecular formula is C22H35N5O5. The van der Waals surface area contributed by atoms with Crippen LogP contribution in [0.5, 0.6) is 0 Å². The lowest BCUT2D eigenvalue weighted by atomic mass is 9.98. The molecule has 1 aliphatic heterocycles. The number of aromatic nitrogens is 4. The third-order valence-electron chi connectivity index (χ3n) is 6.10. The summed E-state index contributed by atoms with van der Waals surface area (Å²) < 4.78 is 7.12. The number of hydrogen-bond acceptors (Lipinski definition) is 9. The number of ketones is 1. The Kier molecular flexibility index (Phi) is 8.92. The Morgan fingerprint density at radius 3 is 2.41 bits per heavy atom. The van der Waals surface area contributed by atoms with Crippen molar-refractivity contribution in [3.63, 3.8) is 0 Å². The van der Waals surface area contributed by atoms with Crippen molar-refractivity contribution in [2.45, 2.75) is 102 Å². The summed E-state index contributed by atoms with van der Waals surface area (Å²) in [5, 5.41) is 31.4. The second-order valence-corrected chi connectivity index (χ2v) is 8.54. The van der Waals surface area contributed by atoms with Gasteiger partial charge in [-0.1, -0.05) is 58.3 Å². The number of unbranched alkanes of at least 4 members (excludes halogenated alkanes) is 8. The van der Waals surface area contributed by atoms with Crippen LogP contribution in [0.2, 0.25) is 0 Å². The minimum Gasteiger partial charge on any atom is -0.387 e. The molecule has 0 amide bonds. The highest BCUT2D eigenvalue weighted by Crippen LogP contribution is 2.33.